The predicted octanol–water partition coefficient (Wildman–Crippen LogP) is 2.52. The fourth-order valence-electron chi connectivity index (χ4n) is 2.43. The Hall–Kier alpha value is -3.26. The molecule has 0 aliphatic rings. The van der Waals surface area contributed by atoms with Crippen molar-refractivity contribution in [3.8, 4) is 11.6 Å². The van der Waals surface area contributed by atoms with Crippen LogP contribution in [-0.2, 0) is 0 Å². The number of aliphatic hydroxyl groups excluding tert-OH is 1. The highest BCUT2D eigenvalue weighted by Crippen LogP contribution is 2.28. The maximum atomic E-state index is 11.1. The Morgan fingerprint density at radius 1 is 1.40 bits per heavy atom. The van der Waals surface area contributed by atoms with Gasteiger partial charge in [0.25, 0.3) is 0 Å². The third-order valence-electron chi connectivity index (χ3n) is 3.55. The lowest BCUT2D eigenvalue weighted by Crippen LogP contribution is -1.97. The van der Waals surface area contributed by atoms with E-state index in [0.717, 1.165) is 22.9 Å². The smallest absolute Gasteiger partial charge is 0.247 e. The van der Waals surface area contributed by atoms with E-state index in [1.54, 1.807) is 23.8 Å². The number of H-pyrrole nitrogens is 1. The first-order valence-corrected chi connectivity index (χ1v) is 7.67. The largest absolute Gasteiger partial charge is 0.435 e. The number of pyridine rings is 1. The minimum absolute atomic E-state index is 0.250. The highest BCUT2D eigenvalue weighted by molar-refractivity contribution is 5.83. The van der Waals surface area contributed by atoms with Gasteiger partial charge in [0, 0.05) is 30.0 Å². The Morgan fingerprint density at radius 2 is 2.20 bits per heavy atom. The van der Waals surface area contributed by atoms with E-state index in [1.807, 2.05) is 25.3 Å². The lowest BCUT2D eigenvalue weighted by atomic mass is 10.2. The van der Waals surface area contributed by atoms with Crippen LogP contribution in [-0.4, -0.2) is 42.6 Å². The molecule has 4 heterocycles. The monoisotopic (exact) mass is 339 g/mol. The van der Waals surface area contributed by atoms with Crippen LogP contribution in [0.4, 0.5) is 0 Å². The average Bonchev–Trinajstić information content (AvgIpc) is 3.20. The van der Waals surface area contributed by atoms with Gasteiger partial charge in [-0.2, -0.15) is 10.1 Å². The van der Waals surface area contributed by atoms with E-state index in [-0.39, 0.29) is 6.61 Å². The van der Waals surface area contributed by atoms with Crippen LogP contribution < -0.4 is 4.74 Å². The highest BCUT2D eigenvalue weighted by Gasteiger charge is 2.14. The molecular weight excluding hydrogens is 322 g/mol. The summed E-state index contributed by atoms with van der Waals surface area (Å²) in [6, 6.07) is 3.79. The molecule has 2 N–H and O–H groups in total. The van der Waals surface area contributed by atoms with Gasteiger partial charge < -0.3 is 14.8 Å². The van der Waals surface area contributed by atoms with Gasteiger partial charge in [0.15, 0.2) is 6.29 Å². The Balaban J connectivity index is 0.000000569. The molecule has 128 valence electrons. The van der Waals surface area contributed by atoms with Crippen molar-refractivity contribution < 1.29 is 14.6 Å². The van der Waals surface area contributed by atoms with E-state index in [0.29, 0.717) is 22.7 Å². The molecule has 25 heavy (non-hydrogen) atoms. The maximum Gasteiger partial charge on any atom is 0.247 e. The molecule has 0 aliphatic carbocycles. The number of aromatic amines is 1. The summed E-state index contributed by atoms with van der Waals surface area (Å²) in [4.78, 5) is 22.5. The fraction of sp³-hybridized carbons (Fsp3) is 0.176. The zero-order chi connectivity index (χ0) is 17.8. The number of aldehydes is 1. The van der Waals surface area contributed by atoms with Crippen LogP contribution in [0.2, 0.25) is 0 Å². The number of fused-ring (bicyclic) bond motifs is 2. The molecule has 4 aromatic heterocycles. The number of aliphatic hydroxyl groups is 1. The molecule has 4 aromatic rings. The number of aryl methyl sites for hydroxylation is 1. The Labute approximate surface area is 143 Å². The number of carbonyl (C=O) groups is 1. The van der Waals surface area contributed by atoms with E-state index >= 15 is 0 Å². The maximum absolute atomic E-state index is 11.1. The summed E-state index contributed by atoms with van der Waals surface area (Å²) in [7, 11) is 0. The van der Waals surface area contributed by atoms with Crippen LogP contribution in [0.25, 0.3) is 16.6 Å². The zero-order valence-electron chi connectivity index (χ0n) is 13.8. The third-order valence-corrected chi connectivity index (χ3v) is 3.55. The van der Waals surface area contributed by atoms with Crippen molar-refractivity contribution >= 4 is 22.8 Å². The standard InChI is InChI=1S/C15H11N5O2.C2H6O/c1-9-11(7-21)6-20-13(9)15(18-8-19-20)22-12-4-10-2-3-16-14(10)17-5-12;1-2-3/h2-8H,1H3,(H,16,17);3H,2H2,1H3. The fourth-order valence-corrected chi connectivity index (χ4v) is 2.43. The van der Waals surface area contributed by atoms with Crippen LogP contribution in [0, 0.1) is 6.92 Å². The number of aromatic nitrogens is 5. The van der Waals surface area contributed by atoms with Gasteiger partial charge in [-0.1, -0.05) is 0 Å². The number of nitrogens with zero attached hydrogens (tertiary/aromatic N) is 4. The van der Waals surface area contributed by atoms with Crippen molar-refractivity contribution in [2.24, 2.45) is 0 Å². The lowest BCUT2D eigenvalue weighted by Gasteiger charge is -2.06. The molecule has 0 saturated heterocycles. The van der Waals surface area contributed by atoms with Gasteiger partial charge in [0.2, 0.25) is 5.88 Å². The predicted molar refractivity (Wildman–Crippen MR) is 92.0 cm³/mol. The molecule has 0 saturated carbocycles. The number of nitrogens with one attached hydrogen (secondary N) is 1. The Morgan fingerprint density at radius 3 is 2.96 bits per heavy atom. The molecule has 0 bridgehead atoms. The second kappa shape index (κ2) is 7.10. The topological polar surface area (TPSA) is 105 Å². The number of ether oxygens (including phenoxy) is 1. The van der Waals surface area contributed by atoms with Gasteiger partial charge in [-0.15, -0.1) is 0 Å². The van der Waals surface area contributed by atoms with Crippen molar-refractivity contribution in [2.45, 2.75) is 13.8 Å². The molecule has 8 heteroatoms. The molecular formula is C17H17N5O3. The molecule has 8 nitrogen and oxygen atoms in total. The molecule has 4 rings (SSSR count). The van der Waals surface area contributed by atoms with E-state index in [1.165, 1.54) is 6.33 Å². The normalized spacial score (nSPS) is 10.5. The zero-order valence-corrected chi connectivity index (χ0v) is 13.8. The van der Waals surface area contributed by atoms with Crippen LogP contribution in [0.1, 0.15) is 22.8 Å². The summed E-state index contributed by atoms with van der Waals surface area (Å²) in [6.45, 7) is 3.77. The van der Waals surface area contributed by atoms with Crippen LogP contribution in [0.3, 0.4) is 0 Å². The van der Waals surface area contributed by atoms with E-state index in [4.69, 9.17) is 9.84 Å². The first-order valence-electron chi connectivity index (χ1n) is 7.67. The van der Waals surface area contributed by atoms with Gasteiger partial charge in [-0.3, -0.25) is 4.79 Å². The van der Waals surface area contributed by atoms with Crippen molar-refractivity contribution in [3.63, 3.8) is 0 Å². The molecule has 0 atom stereocenters. The molecule has 0 amide bonds. The lowest BCUT2D eigenvalue weighted by molar-refractivity contribution is 0.112. The average molecular weight is 339 g/mol. The molecule has 0 fully saturated rings. The minimum atomic E-state index is 0.250. The van der Waals surface area contributed by atoms with Crippen molar-refractivity contribution in [1.29, 1.82) is 0 Å². The summed E-state index contributed by atoms with van der Waals surface area (Å²) >= 11 is 0. The minimum Gasteiger partial charge on any atom is -0.435 e. The van der Waals surface area contributed by atoms with Gasteiger partial charge >= 0.3 is 0 Å². The van der Waals surface area contributed by atoms with Gasteiger partial charge in [-0.05, 0) is 31.5 Å². The Kier molecular flexibility index (Phi) is 4.71. The first kappa shape index (κ1) is 16.6. The summed E-state index contributed by atoms with van der Waals surface area (Å²) < 4.78 is 7.43. The molecule has 0 aliphatic heterocycles. The van der Waals surface area contributed by atoms with E-state index in [9.17, 15) is 4.79 Å². The summed E-state index contributed by atoms with van der Waals surface area (Å²) in [5.41, 5.74) is 2.80. The third kappa shape index (κ3) is 3.20. The molecule has 0 aromatic carbocycles. The number of rotatable bonds is 3. The Bertz CT molecular complexity index is 1020. The van der Waals surface area contributed by atoms with Gasteiger partial charge in [0.05, 0.1) is 6.20 Å². The van der Waals surface area contributed by atoms with E-state index in [2.05, 4.69) is 20.1 Å². The van der Waals surface area contributed by atoms with Crippen molar-refractivity contribution in [1.82, 2.24) is 24.6 Å². The second-order valence-corrected chi connectivity index (χ2v) is 5.19. The first-order chi connectivity index (χ1) is 12.2. The van der Waals surface area contributed by atoms with Crippen LogP contribution >= 0.6 is 0 Å². The number of carbonyl (C=O) groups excluding carboxylic acids is 1. The number of hydrogen-bond acceptors (Lipinski definition) is 6. The number of hydrogen-bond donors (Lipinski definition) is 2. The SMILES string of the molecule is CCO.Cc1c(C=O)cn2ncnc(Oc3cnc4[nH]ccc4c3)c12. The highest BCUT2D eigenvalue weighted by atomic mass is 16.5. The van der Waals surface area contributed by atoms with Gasteiger partial charge in [-0.25, -0.2) is 9.50 Å². The van der Waals surface area contributed by atoms with Crippen LogP contribution in [0.15, 0.2) is 37.1 Å². The van der Waals surface area contributed by atoms with Crippen LogP contribution in [0.5, 0.6) is 11.6 Å². The second-order valence-electron chi connectivity index (χ2n) is 5.19. The van der Waals surface area contributed by atoms with Crippen molar-refractivity contribution in [3.05, 3.63) is 48.2 Å². The van der Waals surface area contributed by atoms with Gasteiger partial charge in [0.1, 0.15) is 23.2 Å². The summed E-state index contributed by atoms with van der Waals surface area (Å²) in [6.07, 6.45) is 7.27. The molecule has 0 unspecified atom stereocenters. The van der Waals surface area contributed by atoms with E-state index < -0.39 is 0 Å². The molecule has 0 spiro atoms. The van der Waals surface area contributed by atoms with Crippen molar-refractivity contribution in [2.75, 3.05) is 6.61 Å². The summed E-state index contributed by atoms with van der Waals surface area (Å²) in [5.74, 6) is 0.957. The quantitative estimate of drug-likeness (QED) is 0.556. The summed E-state index contributed by atoms with van der Waals surface area (Å²) in [5, 5.41) is 12.6. The molecule has 0 radical (unpaired) electrons.